The number of likely N-dealkylation sites (N-methyl/N-ethyl adjacent to an activating group) is 1. The molecule has 2 aromatic carbocycles. The number of amides is 2. The minimum Gasteiger partial charge on any atom is -0.496 e. The quantitative estimate of drug-likeness (QED) is 0.674. The van der Waals surface area contributed by atoms with E-state index in [2.05, 4.69) is 5.32 Å². The molecular weight excluding hydrogens is 420 g/mol. The van der Waals surface area contributed by atoms with Crippen molar-refractivity contribution in [3.63, 3.8) is 0 Å². The van der Waals surface area contributed by atoms with Crippen LogP contribution in [-0.4, -0.2) is 42.2 Å². The van der Waals surface area contributed by atoms with Crippen LogP contribution in [0.25, 0.3) is 6.08 Å². The average molecular weight is 451 g/mol. The van der Waals surface area contributed by atoms with Gasteiger partial charge in [0.2, 0.25) is 5.91 Å². The molecule has 32 heavy (non-hydrogen) atoms. The van der Waals surface area contributed by atoms with Crippen molar-refractivity contribution in [3.05, 3.63) is 70.6 Å². The van der Waals surface area contributed by atoms with Gasteiger partial charge in [0.1, 0.15) is 5.75 Å². The molecule has 1 N–H and O–H groups in total. The third kappa shape index (κ3) is 4.70. The van der Waals surface area contributed by atoms with Gasteiger partial charge < -0.3 is 15.0 Å². The minimum absolute atomic E-state index is 0.0147. The molecule has 4 unspecified atom stereocenters. The van der Waals surface area contributed by atoms with Gasteiger partial charge in [0, 0.05) is 29.8 Å². The first-order valence-electron chi connectivity index (χ1n) is 11.1. The lowest BCUT2D eigenvalue weighted by Crippen LogP contribution is -2.52. The van der Waals surface area contributed by atoms with E-state index in [0.717, 1.165) is 34.6 Å². The van der Waals surface area contributed by atoms with Crippen molar-refractivity contribution < 1.29 is 14.3 Å². The first kappa shape index (κ1) is 22.5. The minimum atomic E-state index is -0.0713. The fourth-order valence-electron chi connectivity index (χ4n) is 4.62. The zero-order valence-corrected chi connectivity index (χ0v) is 19.6. The van der Waals surface area contributed by atoms with Crippen molar-refractivity contribution in [1.29, 1.82) is 0 Å². The molecule has 6 heteroatoms. The summed E-state index contributed by atoms with van der Waals surface area (Å²) in [5, 5.41) is 3.47. The second kappa shape index (κ2) is 9.82. The van der Waals surface area contributed by atoms with Gasteiger partial charge in [-0.15, -0.1) is 11.8 Å². The van der Waals surface area contributed by atoms with Crippen molar-refractivity contribution in [2.75, 3.05) is 14.2 Å². The highest BCUT2D eigenvalue weighted by Crippen LogP contribution is 2.43. The topological polar surface area (TPSA) is 58.6 Å². The Morgan fingerprint density at radius 3 is 2.62 bits per heavy atom. The highest BCUT2D eigenvalue weighted by Gasteiger charge is 2.43. The van der Waals surface area contributed by atoms with Crippen LogP contribution in [0, 0.1) is 5.92 Å². The Morgan fingerprint density at radius 2 is 1.88 bits per heavy atom. The monoisotopic (exact) mass is 450 g/mol. The summed E-state index contributed by atoms with van der Waals surface area (Å²) in [6.07, 6.45) is 4.38. The van der Waals surface area contributed by atoms with Crippen LogP contribution < -0.4 is 10.1 Å². The molecular formula is C26H30N2O3S. The van der Waals surface area contributed by atoms with Crippen LogP contribution in [0.4, 0.5) is 0 Å². The summed E-state index contributed by atoms with van der Waals surface area (Å²) in [5.74, 6) is 0.783. The van der Waals surface area contributed by atoms with Gasteiger partial charge >= 0.3 is 0 Å². The number of fused-ring (bicyclic) bond motifs is 1. The Balaban J connectivity index is 1.44. The van der Waals surface area contributed by atoms with Crippen LogP contribution in [0.2, 0.25) is 0 Å². The lowest BCUT2D eigenvalue weighted by molar-refractivity contribution is -0.132. The molecule has 4 atom stereocenters. The van der Waals surface area contributed by atoms with Crippen molar-refractivity contribution in [2.24, 2.45) is 5.92 Å². The maximum Gasteiger partial charge on any atom is 0.260 e. The standard InChI is InChI=1S/C26H30N2O3S/c1-17(18-9-5-4-6-10-18)27-25(29)20-13-14-23-21(15-20)28(2)26(30)24(32-23)16-19-11-7-8-12-22(19)31-3/h4-12,16-17,20-21,23H,13-15H2,1-3H3,(H,27,29)/b24-16+. The largest absolute Gasteiger partial charge is 0.496 e. The first-order valence-corrected chi connectivity index (χ1v) is 12.0. The number of nitrogens with one attached hydrogen (secondary N) is 1. The molecule has 168 valence electrons. The van der Waals surface area contributed by atoms with Crippen LogP contribution >= 0.6 is 11.8 Å². The summed E-state index contributed by atoms with van der Waals surface area (Å²) in [7, 11) is 3.50. The van der Waals surface area contributed by atoms with Crippen molar-refractivity contribution >= 4 is 29.7 Å². The van der Waals surface area contributed by atoms with E-state index in [1.54, 1.807) is 18.9 Å². The van der Waals surface area contributed by atoms with Gasteiger partial charge in [-0.3, -0.25) is 9.59 Å². The van der Waals surface area contributed by atoms with Gasteiger partial charge in [0.15, 0.2) is 0 Å². The third-order valence-electron chi connectivity index (χ3n) is 6.52. The normalized spacial score (nSPS) is 25.2. The fraction of sp³-hybridized carbons (Fsp3) is 0.385. The number of carbonyl (C=O) groups is 2. The fourth-order valence-corrected chi connectivity index (χ4v) is 6.09. The summed E-state index contributed by atoms with van der Waals surface area (Å²) in [4.78, 5) is 28.7. The number of ether oxygens (including phenoxy) is 1. The summed E-state index contributed by atoms with van der Waals surface area (Å²) >= 11 is 1.65. The van der Waals surface area contributed by atoms with Crippen LogP contribution in [0.1, 0.15) is 43.4 Å². The van der Waals surface area contributed by atoms with Crippen LogP contribution in [0.5, 0.6) is 5.75 Å². The number of benzene rings is 2. The predicted molar refractivity (Wildman–Crippen MR) is 129 cm³/mol. The van der Waals surface area contributed by atoms with Gasteiger partial charge in [-0.05, 0) is 43.9 Å². The van der Waals surface area contributed by atoms with Gasteiger partial charge in [0.25, 0.3) is 5.91 Å². The van der Waals surface area contributed by atoms with E-state index in [0.29, 0.717) is 11.7 Å². The van der Waals surface area contributed by atoms with Crippen molar-refractivity contribution in [3.8, 4) is 5.75 Å². The Bertz CT molecular complexity index is 1010. The molecule has 0 radical (unpaired) electrons. The van der Waals surface area contributed by atoms with E-state index in [1.807, 2.05) is 79.5 Å². The number of para-hydroxylation sites is 1. The van der Waals surface area contributed by atoms with E-state index in [1.165, 1.54) is 0 Å². The predicted octanol–water partition coefficient (Wildman–Crippen LogP) is 4.66. The van der Waals surface area contributed by atoms with Crippen molar-refractivity contribution in [1.82, 2.24) is 10.2 Å². The molecule has 0 spiro atoms. The SMILES string of the molecule is COc1ccccc1/C=C1/SC2CCC(C(=O)NC(C)c3ccccc3)CC2N(C)C1=O. The number of carbonyl (C=O) groups excluding carboxylic acids is 2. The Hall–Kier alpha value is -2.73. The summed E-state index contributed by atoms with van der Waals surface area (Å²) in [6, 6.07) is 17.8. The Labute approximate surface area is 194 Å². The molecule has 4 rings (SSSR count). The molecule has 2 amide bonds. The summed E-state index contributed by atoms with van der Waals surface area (Å²) in [5.41, 5.74) is 2.00. The zero-order valence-electron chi connectivity index (χ0n) is 18.8. The Morgan fingerprint density at radius 1 is 1.16 bits per heavy atom. The second-order valence-corrected chi connectivity index (χ2v) is 9.82. The van der Waals surface area contributed by atoms with E-state index in [9.17, 15) is 9.59 Å². The van der Waals surface area contributed by atoms with Crippen LogP contribution in [0.15, 0.2) is 59.5 Å². The Kier molecular flexibility index (Phi) is 6.89. The highest BCUT2D eigenvalue weighted by atomic mass is 32.2. The number of thioether (sulfide) groups is 1. The molecule has 1 aliphatic heterocycles. The molecule has 1 aliphatic carbocycles. The number of rotatable bonds is 5. The second-order valence-electron chi connectivity index (χ2n) is 8.54. The molecule has 1 heterocycles. The molecule has 2 aliphatic rings. The summed E-state index contributed by atoms with van der Waals surface area (Å²) < 4.78 is 5.44. The van der Waals surface area contributed by atoms with E-state index in [-0.39, 0.29) is 29.8 Å². The molecule has 2 aromatic rings. The lowest BCUT2D eigenvalue weighted by atomic mass is 9.83. The van der Waals surface area contributed by atoms with Gasteiger partial charge in [0.05, 0.1) is 18.1 Å². The van der Waals surface area contributed by atoms with Gasteiger partial charge in [-0.25, -0.2) is 0 Å². The molecule has 5 nitrogen and oxygen atoms in total. The van der Waals surface area contributed by atoms with E-state index in [4.69, 9.17) is 4.74 Å². The van der Waals surface area contributed by atoms with Gasteiger partial charge in [-0.2, -0.15) is 0 Å². The number of hydrogen-bond acceptors (Lipinski definition) is 4. The highest BCUT2D eigenvalue weighted by molar-refractivity contribution is 8.04. The average Bonchev–Trinajstić information content (AvgIpc) is 2.83. The first-order chi connectivity index (χ1) is 15.5. The van der Waals surface area contributed by atoms with Crippen molar-refractivity contribution in [2.45, 2.75) is 43.5 Å². The smallest absolute Gasteiger partial charge is 0.260 e. The maximum atomic E-state index is 13.1. The maximum absolute atomic E-state index is 13.1. The van der Waals surface area contributed by atoms with Crippen LogP contribution in [-0.2, 0) is 9.59 Å². The number of methoxy groups -OCH3 is 1. The van der Waals surface area contributed by atoms with E-state index >= 15 is 0 Å². The summed E-state index contributed by atoms with van der Waals surface area (Å²) in [6.45, 7) is 2.01. The molecule has 1 saturated heterocycles. The number of nitrogens with zero attached hydrogens (tertiary/aromatic N) is 1. The zero-order chi connectivity index (χ0) is 22.7. The third-order valence-corrected chi connectivity index (χ3v) is 7.92. The van der Waals surface area contributed by atoms with Crippen LogP contribution in [0.3, 0.4) is 0 Å². The molecule has 0 bridgehead atoms. The van der Waals surface area contributed by atoms with E-state index < -0.39 is 0 Å². The number of hydrogen-bond donors (Lipinski definition) is 1. The molecule has 1 saturated carbocycles. The molecule has 2 fully saturated rings. The molecule has 0 aromatic heterocycles. The van der Waals surface area contributed by atoms with Gasteiger partial charge in [-0.1, -0.05) is 48.5 Å². The lowest BCUT2D eigenvalue weighted by Gasteiger charge is -2.44.